The van der Waals surface area contributed by atoms with Crippen LogP contribution in [-0.4, -0.2) is 6.71 Å². The summed E-state index contributed by atoms with van der Waals surface area (Å²) in [5, 5.41) is 12.9. The fraction of sp³-hybridized carbons (Fsp3) is 0.300. The maximum absolute atomic E-state index is 10.2. The molecule has 0 N–H and O–H groups in total. The predicted octanol–water partition coefficient (Wildman–Crippen LogP) is 11.9. The molecular weight excluding hydrogens is 718 g/mol. The summed E-state index contributed by atoms with van der Waals surface area (Å²) in [6, 6.07) is 35.0. The minimum atomic E-state index is 0.0103. The number of rotatable bonds is 2. The summed E-state index contributed by atoms with van der Waals surface area (Å²) in [4.78, 5) is 5.14. The third-order valence-electron chi connectivity index (χ3n) is 12.9. The van der Waals surface area contributed by atoms with E-state index in [0.717, 1.165) is 31.4 Å². The summed E-state index contributed by atoms with van der Waals surface area (Å²) in [6.45, 7) is 18.9. The first-order chi connectivity index (χ1) is 26.7. The van der Waals surface area contributed by atoms with E-state index in [1.165, 1.54) is 97.0 Å². The maximum Gasteiger partial charge on any atom is 0.277 e. The quantitative estimate of drug-likeness (QED) is 0.164. The molecule has 0 spiro atoms. The third-order valence-corrected chi connectivity index (χ3v) is 15.3. The van der Waals surface area contributed by atoms with Crippen LogP contribution in [-0.2, 0) is 31.1 Å². The molecule has 276 valence electrons. The Kier molecular flexibility index (Phi) is 7.01. The van der Waals surface area contributed by atoms with Gasteiger partial charge in [-0.15, -0.1) is 22.7 Å². The standard InChI is InChI=1S/C50H46BN3S2/c1-28-15-39-43-40(16-28)54(36-14-10-12-34(22-36)48(2,3)4)45-38-19-31-24-50(7,8)26-33(31)21-42(38)56-47(45)51(43)46-44(53(39)35-13-9-11-29(17-35)27-52)37-18-30-23-49(5,6)25-32(30)20-41(37)55-46/h9-22H,23-26H2,1-8H3. The lowest BCUT2D eigenvalue weighted by atomic mass is 9.39. The molecule has 0 amide bonds. The fourth-order valence-corrected chi connectivity index (χ4v) is 13.4. The fourth-order valence-electron chi connectivity index (χ4n) is 10.6. The lowest BCUT2D eigenvalue weighted by Gasteiger charge is -2.42. The van der Waals surface area contributed by atoms with Crippen LogP contribution < -0.4 is 24.8 Å². The summed E-state index contributed by atoms with van der Waals surface area (Å²) in [6.07, 6.45) is 4.46. The molecule has 2 aromatic heterocycles. The second-order valence-corrected chi connectivity index (χ2v) is 21.9. The highest BCUT2D eigenvalue weighted by Crippen LogP contribution is 2.53. The lowest BCUT2D eigenvalue weighted by Crippen LogP contribution is -2.59. The monoisotopic (exact) mass is 763 g/mol. The largest absolute Gasteiger partial charge is 0.310 e. The molecule has 5 aromatic carbocycles. The predicted molar refractivity (Wildman–Crippen MR) is 242 cm³/mol. The van der Waals surface area contributed by atoms with Crippen molar-refractivity contribution in [2.75, 3.05) is 9.80 Å². The van der Waals surface area contributed by atoms with Gasteiger partial charge in [-0.3, -0.25) is 0 Å². The van der Waals surface area contributed by atoms with Crippen LogP contribution in [0, 0.1) is 29.1 Å². The Morgan fingerprint density at radius 3 is 1.62 bits per heavy atom. The van der Waals surface area contributed by atoms with Gasteiger partial charge in [0.1, 0.15) is 0 Å². The molecule has 11 rings (SSSR count). The average Bonchev–Trinajstić information content (AvgIpc) is 3.86. The van der Waals surface area contributed by atoms with Crippen LogP contribution in [0.3, 0.4) is 0 Å². The number of hydrogen-bond acceptors (Lipinski definition) is 5. The van der Waals surface area contributed by atoms with E-state index < -0.39 is 0 Å². The highest BCUT2D eigenvalue weighted by atomic mass is 32.1. The number of nitriles is 1. The van der Waals surface area contributed by atoms with Gasteiger partial charge in [-0.05, 0) is 154 Å². The first-order valence-electron chi connectivity index (χ1n) is 20.2. The molecule has 4 aliphatic rings. The first kappa shape index (κ1) is 34.4. The molecule has 0 fully saturated rings. The van der Waals surface area contributed by atoms with Crippen molar-refractivity contribution in [1.29, 1.82) is 5.26 Å². The number of hydrogen-bond donors (Lipinski definition) is 0. The van der Waals surface area contributed by atoms with Gasteiger partial charge in [0.05, 0.1) is 23.0 Å². The van der Waals surface area contributed by atoms with Gasteiger partial charge in [0.2, 0.25) is 0 Å². The molecule has 0 unspecified atom stereocenters. The zero-order valence-electron chi connectivity index (χ0n) is 33.6. The molecule has 0 saturated heterocycles. The highest BCUT2D eigenvalue weighted by molar-refractivity contribution is 7.40. The zero-order valence-corrected chi connectivity index (χ0v) is 35.3. The van der Waals surface area contributed by atoms with Crippen molar-refractivity contribution < 1.29 is 0 Å². The second kappa shape index (κ2) is 11.4. The number of thiophene rings is 2. The normalized spacial score (nSPS) is 17.2. The SMILES string of the molecule is Cc1cc2c3c(c1)N(c1cccc(C(C)(C)C)c1)c1c(sc4cc5c(cc14)CC(C)(C)C5)B3c1sc3cc4c(cc3c1N2c1cccc(C#N)c1)CC(C)(C)C4. The molecule has 4 heterocycles. The van der Waals surface area contributed by atoms with Gasteiger partial charge in [0.15, 0.2) is 0 Å². The van der Waals surface area contributed by atoms with Crippen molar-refractivity contribution in [3.63, 3.8) is 0 Å². The first-order valence-corrected chi connectivity index (χ1v) is 21.8. The third kappa shape index (κ3) is 4.99. The van der Waals surface area contributed by atoms with Crippen molar-refractivity contribution in [3.8, 4) is 6.07 Å². The van der Waals surface area contributed by atoms with Gasteiger partial charge in [-0.1, -0.05) is 66.7 Å². The number of aryl methyl sites for hydroxylation is 1. The lowest BCUT2D eigenvalue weighted by molar-refractivity contribution is 0.392. The summed E-state index contributed by atoms with van der Waals surface area (Å²) in [7, 11) is 0. The average molecular weight is 764 g/mol. The van der Waals surface area contributed by atoms with E-state index in [0.29, 0.717) is 5.56 Å². The number of benzene rings is 5. The van der Waals surface area contributed by atoms with Crippen LogP contribution in [0.1, 0.15) is 87.4 Å². The van der Waals surface area contributed by atoms with Gasteiger partial charge in [0.25, 0.3) is 6.71 Å². The van der Waals surface area contributed by atoms with E-state index in [1.54, 1.807) is 0 Å². The molecule has 6 heteroatoms. The Morgan fingerprint density at radius 1 is 0.643 bits per heavy atom. The summed E-state index contributed by atoms with van der Waals surface area (Å²) >= 11 is 4.02. The molecule has 0 atom stereocenters. The van der Waals surface area contributed by atoms with Gasteiger partial charge < -0.3 is 9.80 Å². The molecule has 7 aromatic rings. The highest BCUT2D eigenvalue weighted by Gasteiger charge is 2.48. The van der Waals surface area contributed by atoms with Crippen LogP contribution >= 0.6 is 22.7 Å². The van der Waals surface area contributed by atoms with Gasteiger partial charge in [-0.2, -0.15) is 5.26 Å². The van der Waals surface area contributed by atoms with E-state index in [-0.39, 0.29) is 23.0 Å². The van der Waals surface area contributed by atoms with Crippen LogP contribution in [0.25, 0.3) is 20.2 Å². The van der Waals surface area contributed by atoms with Gasteiger partial charge in [-0.25, -0.2) is 0 Å². The van der Waals surface area contributed by atoms with Crippen molar-refractivity contribution in [3.05, 3.63) is 124 Å². The van der Waals surface area contributed by atoms with E-state index in [1.807, 2.05) is 34.8 Å². The van der Waals surface area contributed by atoms with Crippen LogP contribution in [0.15, 0.2) is 84.9 Å². The minimum Gasteiger partial charge on any atom is -0.310 e. The van der Waals surface area contributed by atoms with Crippen molar-refractivity contribution >= 4 is 98.7 Å². The Balaban J connectivity index is 1.26. The summed E-state index contributed by atoms with van der Waals surface area (Å²) in [5.41, 5.74) is 18.5. The molecule has 0 radical (unpaired) electrons. The Labute approximate surface area is 339 Å². The van der Waals surface area contributed by atoms with E-state index in [4.69, 9.17) is 0 Å². The van der Waals surface area contributed by atoms with Crippen molar-refractivity contribution in [2.45, 2.75) is 86.5 Å². The van der Waals surface area contributed by atoms with Crippen molar-refractivity contribution in [2.24, 2.45) is 10.8 Å². The van der Waals surface area contributed by atoms with Crippen LogP contribution in [0.2, 0.25) is 0 Å². The summed E-state index contributed by atoms with van der Waals surface area (Å²) < 4.78 is 5.60. The van der Waals surface area contributed by atoms with E-state index in [9.17, 15) is 5.26 Å². The number of nitrogens with zero attached hydrogens (tertiary/aromatic N) is 3. The molecule has 2 aliphatic carbocycles. The molecule has 56 heavy (non-hydrogen) atoms. The molecule has 0 saturated carbocycles. The maximum atomic E-state index is 10.2. The summed E-state index contributed by atoms with van der Waals surface area (Å²) in [5.74, 6) is 0. The van der Waals surface area contributed by atoms with Gasteiger partial charge in [0, 0.05) is 52.5 Å². The Hall–Kier alpha value is -4.83. The molecule has 2 aliphatic heterocycles. The zero-order chi connectivity index (χ0) is 38.6. The number of anilines is 6. The number of fused-ring (bicyclic) bond motifs is 10. The van der Waals surface area contributed by atoms with E-state index >= 15 is 0 Å². The van der Waals surface area contributed by atoms with Crippen LogP contribution in [0.4, 0.5) is 34.1 Å². The Bertz CT molecular complexity index is 2910. The topological polar surface area (TPSA) is 30.3 Å². The smallest absolute Gasteiger partial charge is 0.277 e. The van der Waals surface area contributed by atoms with Crippen molar-refractivity contribution in [1.82, 2.24) is 0 Å². The van der Waals surface area contributed by atoms with Crippen LogP contribution in [0.5, 0.6) is 0 Å². The van der Waals surface area contributed by atoms with E-state index in [2.05, 4.69) is 144 Å². The molecule has 3 nitrogen and oxygen atoms in total. The Morgan fingerprint density at radius 2 is 1.12 bits per heavy atom. The molecule has 0 bridgehead atoms. The minimum absolute atomic E-state index is 0.0103. The molecular formula is C50H46BN3S2. The second-order valence-electron chi connectivity index (χ2n) is 19.7. The van der Waals surface area contributed by atoms with Gasteiger partial charge >= 0.3 is 0 Å².